The maximum absolute atomic E-state index is 5.88. The van der Waals surface area contributed by atoms with E-state index in [0.717, 1.165) is 21.9 Å². The fraction of sp³-hybridized carbons (Fsp3) is 0.500. The van der Waals surface area contributed by atoms with Crippen molar-refractivity contribution in [2.75, 3.05) is 11.1 Å². The van der Waals surface area contributed by atoms with Crippen LogP contribution in [-0.2, 0) is 0 Å². The molecule has 0 saturated heterocycles. The topological polar surface area (TPSA) is 38.0 Å². The zero-order valence-electron chi connectivity index (χ0n) is 11.5. The van der Waals surface area contributed by atoms with Crippen LogP contribution in [0.25, 0.3) is 0 Å². The number of hydrogen-bond donors (Lipinski definition) is 2. The fourth-order valence-electron chi connectivity index (χ4n) is 1.59. The maximum atomic E-state index is 5.88. The summed E-state index contributed by atoms with van der Waals surface area (Å²) in [5, 5.41) is 3.51. The molecule has 0 spiro atoms. The van der Waals surface area contributed by atoms with Crippen molar-refractivity contribution >= 4 is 34.7 Å². The van der Waals surface area contributed by atoms with E-state index in [2.05, 4.69) is 45.1 Å². The van der Waals surface area contributed by atoms with Crippen molar-refractivity contribution in [1.82, 2.24) is 0 Å². The highest BCUT2D eigenvalue weighted by molar-refractivity contribution is 7.99. The highest BCUT2D eigenvalue weighted by Crippen LogP contribution is 2.29. The van der Waals surface area contributed by atoms with Crippen molar-refractivity contribution in [3.63, 3.8) is 0 Å². The first-order valence-electron chi connectivity index (χ1n) is 6.29. The van der Waals surface area contributed by atoms with Crippen molar-refractivity contribution in [2.45, 2.75) is 38.6 Å². The van der Waals surface area contributed by atoms with E-state index < -0.39 is 0 Å². The average Bonchev–Trinajstić information content (AvgIpc) is 2.29. The molecule has 4 heteroatoms. The van der Waals surface area contributed by atoms with Gasteiger partial charge in [0.05, 0.1) is 0 Å². The van der Waals surface area contributed by atoms with Crippen LogP contribution in [0.2, 0.25) is 0 Å². The Kier molecular flexibility index (Phi) is 5.96. The molecule has 1 unspecified atom stereocenters. The van der Waals surface area contributed by atoms with Crippen LogP contribution in [-0.4, -0.2) is 16.8 Å². The maximum Gasteiger partial charge on any atom is 0.107 e. The first-order chi connectivity index (χ1) is 8.47. The Morgan fingerprint density at radius 1 is 1.39 bits per heavy atom. The van der Waals surface area contributed by atoms with E-state index in [4.69, 9.17) is 18.0 Å². The Bertz CT molecular complexity index is 416. The number of hydrogen-bond acceptors (Lipinski definition) is 3. The molecule has 0 aliphatic rings. The van der Waals surface area contributed by atoms with E-state index >= 15 is 0 Å². The molecule has 0 aliphatic heterocycles. The number of rotatable bonds is 6. The van der Waals surface area contributed by atoms with Gasteiger partial charge in [-0.05, 0) is 30.7 Å². The standard InChI is InChI=1S/C14H22N2S2/c1-5-18-12-8-6-7-11(13(12)14(15)17)16-10(4)9(2)3/h6-10,16H,5H2,1-4H3,(H2,15,17). The Morgan fingerprint density at radius 3 is 2.56 bits per heavy atom. The van der Waals surface area contributed by atoms with Crippen molar-refractivity contribution in [1.29, 1.82) is 0 Å². The van der Waals surface area contributed by atoms with Crippen LogP contribution >= 0.6 is 24.0 Å². The molecule has 0 bridgehead atoms. The largest absolute Gasteiger partial charge is 0.389 e. The van der Waals surface area contributed by atoms with Gasteiger partial charge in [0, 0.05) is 22.2 Å². The van der Waals surface area contributed by atoms with Crippen LogP contribution in [0.1, 0.15) is 33.3 Å². The van der Waals surface area contributed by atoms with Crippen LogP contribution in [0.15, 0.2) is 23.1 Å². The third-order valence-electron chi connectivity index (χ3n) is 2.96. The first kappa shape index (κ1) is 15.3. The van der Waals surface area contributed by atoms with Gasteiger partial charge in [0.2, 0.25) is 0 Å². The quantitative estimate of drug-likeness (QED) is 0.613. The predicted molar refractivity (Wildman–Crippen MR) is 86.7 cm³/mol. The minimum absolute atomic E-state index is 0.389. The Labute approximate surface area is 120 Å². The van der Waals surface area contributed by atoms with Crippen LogP contribution in [0.4, 0.5) is 5.69 Å². The second-order valence-electron chi connectivity index (χ2n) is 4.65. The Balaban J connectivity index is 3.10. The third-order valence-corrected chi connectivity index (χ3v) is 4.10. The van der Waals surface area contributed by atoms with Gasteiger partial charge in [-0.3, -0.25) is 0 Å². The fourth-order valence-corrected chi connectivity index (χ4v) is 2.73. The molecular formula is C14H22N2S2. The van der Waals surface area contributed by atoms with Crippen LogP contribution < -0.4 is 11.1 Å². The zero-order valence-corrected chi connectivity index (χ0v) is 13.1. The predicted octanol–water partition coefficient (Wildman–Crippen LogP) is 3.89. The molecule has 0 aromatic heterocycles. The second-order valence-corrected chi connectivity index (χ2v) is 6.40. The smallest absolute Gasteiger partial charge is 0.107 e. The molecular weight excluding hydrogens is 260 g/mol. The van der Waals surface area contributed by atoms with Gasteiger partial charge in [-0.15, -0.1) is 11.8 Å². The first-order valence-corrected chi connectivity index (χ1v) is 7.68. The SMILES string of the molecule is CCSc1cccc(NC(C)C(C)C)c1C(N)=S. The molecule has 1 atom stereocenters. The molecule has 0 aliphatic carbocycles. The normalized spacial score (nSPS) is 12.5. The van der Waals surface area contributed by atoms with Crippen molar-refractivity contribution in [2.24, 2.45) is 11.7 Å². The molecule has 3 N–H and O–H groups in total. The number of thioether (sulfide) groups is 1. The number of nitrogens with two attached hydrogens (primary N) is 1. The molecule has 0 saturated carbocycles. The van der Waals surface area contributed by atoms with Gasteiger partial charge in [0.15, 0.2) is 0 Å². The minimum Gasteiger partial charge on any atom is -0.389 e. The second kappa shape index (κ2) is 7.00. The zero-order chi connectivity index (χ0) is 13.7. The molecule has 0 heterocycles. The summed E-state index contributed by atoms with van der Waals surface area (Å²) in [6, 6.07) is 6.57. The summed E-state index contributed by atoms with van der Waals surface area (Å²) in [5.74, 6) is 1.57. The molecule has 1 aromatic carbocycles. The van der Waals surface area contributed by atoms with Crippen molar-refractivity contribution in [3.8, 4) is 0 Å². The molecule has 0 radical (unpaired) electrons. The number of benzene rings is 1. The molecule has 1 aromatic rings. The van der Waals surface area contributed by atoms with E-state index in [-0.39, 0.29) is 0 Å². The van der Waals surface area contributed by atoms with Gasteiger partial charge < -0.3 is 11.1 Å². The van der Waals surface area contributed by atoms with Crippen LogP contribution in [0.3, 0.4) is 0 Å². The number of nitrogens with one attached hydrogen (secondary N) is 1. The monoisotopic (exact) mass is 282 g/mol. The summed E-state index contributed by atoms with van der Waals surface area (Å²) in [5.41, 5.74) is 7.90. The van der Waals surface area contributed by atoms with Gasteiger partial charge in [-0.25, -0.2) is 0 Å². The lowest BCUT2D eigenvalue weighted by Crippen LogP contribution is -2.24. The van der Waals surface area contributed by atoms with Crippen LogP contribution in [0, 0.1) is 5.92 Å². The summed E-state index contributed by atoms with van der Waals surface area (Å²) < 4.78 is 0. The lowest BCUT2D eigenvalue weighted by molar-refractivity contribution is 0.560. The lowest BCUT2D eigenvalue weighted by atomic mass is 10.1. The van der Waals surface area contributed by atoms with E-state index in [9.17, 15) is 0 Å². The molecule has 18 heavy (non-hydrogen) atoms. The minimum atomic E-state index is 0.389. The van der Waals surface area contributed by atoms with Gasteiger partial charge >= 0.3 is 0 Å². The van der Waals surface area contributed by atoms with Crippen molar-refractivity contribution in [3.05, 3.63) is 23.8 Å². The van der Waals surface area contributed by atoms with Gasteiger partial charge in [0.1, 0.15) is 4.99 Å². The molecule has 0 fully saturated rings. The summed E-state index contributed by atoms with van der Waals surface area (Å²) in [4.78, 5) is 1.62. The van der Waals surface area contributed by atoms with E-state index in [1.807, 2.05) is 6.07 Å². The van der Waals surface area contributed by atoms with E-state index in [0.29, 0.717) is 16.9 Å². The van der Waals surface area contributed by atoms with Crippen molar-refractivity contribution < 1.29 is 0 Å². The van der Waals surface area contributed by atoms with E-state index in [1.54, 1.807) is 11.8 Å². The number of anilines is 1. The highest BCUT2D eigenvalue weighted by atomic mass is 32.2. The molecule has 2 nitrogen and oxygen atoms in total. The Hall–Kier alpha value is -0.740. The molecule has 1 rings (SSSR count). The highest BCUT2D eigenvalue weighted by Gasteiger charge is 2.14. The average molecular weight is 282 g/mol. The lowest BCUT2D eigenvalue weighted by Gasteiger charge is -2.22. The summed E-state index contributed by atoms with van der Waals surface area (Å²) in [7, 11) is 0. The van der Waals surface area contributed by atoms with Gasteiger partial charge in [-0.2, -0.15) is 0 Å². The van der Waals surface area contributed by atoms with E-state index in [1.165, 1.54) is 0 Å². The molecule has 100 valence electrons. The van der Waals surface area contributed by atoms with Crippen LogP contribution in [0.5, 0.6) is 0 Å². The third kappa shape index (κ3) is 3.89. The summed E-state index contributed by atoms with van der Waals surface area (Å²) in [6.45, 7) is 8.70. The number of thiocarbonyl (C=S) groups is 1. The van der Waals surface area contributed by atoms with Gasteiger partial charge in [-0.1, -0.05) is 39.1 Å². The summed E-state index contributed by atoms with van der Waals surface area (Å²) >= 11 is 6.97. The van der Waals surface area contributed by atoms with Gasteiger partial charge in [0.25, 0.3) is 0 Å². The summed E-state index contributed by atoms with van der Waals surface area (Å²) in [6.07, 6.45) is 0. The Morgan fingerprint density at radius 2 is 2.06 bits per heavy atom. The molecule has 0 amide bonds.